The van der Waals surface area contributed by atoms with Crippen LogP contribution in [0.25, 0.3) is 0 Å². The van der Waals surface area contributed by atoms with Gasteiger partial charge in [-0.3, -0.25) is 0 Å². The summed E-state index contributed by atoms with van der Waals surface area (Å²) >= 11 is 0. The summed E-state index contributed by atoms with van der Waals surface area (Å²) in [6.07, 6.45) is 0.693. The van der Waals surface area contributed by atoms with Gasteiger partial charge in [-0.15, -0.1) is 12.4 Å². The molecule has 1 atom stereocenters. The summed E-state index contributed by atoms with van der Waals surface area (Å²) in [4.78, 5) is 0. The number of hydrogen-bond acceptors (Lipinski definition) is 2. The van der Waals surface area contributed by atoms with E-state index in [2.05, 4.69) is 5.32 Å². The lowest BCUT2D eigenvalue weighted by Gasteiger charge is -2.22. The van der Waals surface area contributed by atoms with Gasteiger partial charge >= 0.3 is 0 Å². The molecule has 0 aliphatic carbocycles. The highest BCUT2D eigenvalue weighted by Gasteiger charge is 2.32. The molecule has 0 saturated carbocycles. The molecule has 2 rings (SSSR count). The zero-order valence-corrected chi connectivity index (χ0v) is 9.40. The summed E-state index contributed by atoms with van der Waals surface area (Å²) in [6, 6.07) is 4.80. The van der Waals surface area contributed by atoms with Crippen molar-refractivity contribution in [3.8, 4) is 0 Å². The van der Waals surface area contributed by atoms with Crippen molar-refractivity contribution in [3.63, 3.8) is 0 Å². The molecule has 1 aromatic carbocycles. The second kappa shape index (κ2) is 4.47. The summed E-state index contributed by atoms with van der Waals surface area (Å²) < 4.78 is 13.0. The number of aliphatic hydroxyl groups is 1. The van der Waals surface area contributed by atoms with Crippen LogP contribution in [0, 0.1) is 12.7 Å². The molecule has 84 valence electrons. The van der Waals surface area contributed by atoms with Crippen LogP contribution in [0.2, 0.25) is 0 Å². The van der Waals surface area contributed by atoms with Crippen LogP contribution in [-0.2, 0) is 5.60 Å². The van der Waals surface area contributed by atoms with Gasteiger partial charge in [0.2, 0.25) is 0 Å². The maximum atomic E-state index is 13.0. The number of hydrogen-bond donors (Lipinski definition) is 2. The number of rotatable bonds is 1. The van der Waals surface area contributed by atoms with Crippen molar-refractivity contribution < 1.29 is 9.50 Å². The summed E-state index contributed by atoms with van der Waals surface area (Å²) in [6.45, 7) is 3.08. The molecule has 0 bridgehead atoms. The van der Waals surface area contributed by atoms with Crippen LogP contribution >= 0.6 is 12.4 Å². The van der Waals surface area contributed by atoms with Crippen molar-refractivity contribution in [1.82, 2.24) is 5.32 Å². The number of β-amino-alcohol motifs (C(OH)–C–C–N with tert-alkyl or cyclic N) is 1. The summed E-state index contributed by atoms with van der Waals surface area (Å²) in [5, 5.41) is 13.3. The molecule has 2 N–H and O–H groups in total. The van der Waals surface area contributed by atoms with E-state index >= 15 is 0 Å². The van der Waals surface area contributed by atoms with E-state index < -0.39 is 5.60 Å². The Morgan fingerprint density at radius 3 is 2.73 bits per heavy atom. The van der Waals surface area contributed by atoms with Crippen LogP contribution in [0.3, 0.4) is 0 Å². The fraction of sp³-hybridized carbons (Fsp3) is 0.455. The number of halogens is 2. The van der Waals surface area contributed by atoms with E-state index in [-0.39, 0.29) is 18.2 Å². The summed E-state index contributed by atoms with van der Waals surface area (Å²) in [5.74, 6) is -0.219. The average Bonchev–Trinajstić information content (AvgIpc) is 2.58. The van der Waals surface area contributed by atoms with E-state index in [1.165, 1.54) is 6.07 Å². The highest BCUT2D eigenvalue weighted by atomic mass is 35.5. The lowest BCUT2D eigenvalue weighted by Crippen LogP contribution is -2.28. The fourth-order valence-corrected chi connectivity index (χ4v) is 1.86. The Morgan fingerprint density at radius 1 is 1.47 bits per heavy atom. The van der Waals surface area contributed by atoms with Gasteiger partial charge in [-0.25, -0.2) is 4.39 Å². The van der Waals surface area contributed by atoms with Crippen molar-refractivity contribution in [1.29, 1.82) is 0 Å². The minimum atomic E-state index is -0.807. The average molecular weight is 232 g/mol. The van der Waals surface area contributed by atoms with Gasteiger partial charge in [0.05, 0.1) is 0 Å². The SMILES string of the molecule is Cc1cc(C2(O)CCNC2)ccc1F.Cl. The fourth-order valence-electron chi connectivity index (χ4n) is 1.86. The molecule has 1 aliphatic heterocycles. The minimum absolute atomic E-state index is 0. The molecule has 1 unspecified atom stereocenters. The van der Waals surface area contributed by atoms with Gasteiger partial charge in [-0.1, -0.05) is 12.1 Å². The maximum Gasteiger partial charge on any atom is 0.126 e. The standard InChI is InChI=1S/C11H14FNO.ClH/c1-8-6-9(2-3-10(8)12)11(14)4-5-13-7-11;/h2-3,6,13-14H,4-5,7H2,1H3;1H. The Hall–Kier alpha value is -0.640. The van der Waals surface area contributed by atoms with Gasteiger partial charge in [0.25, 0.3) is 0 Å². The van der Waals surface area contributed by atoms with Crippen LogP contribution in [0.4, 0.5) is 4.39 Å². The third-order valence-corrected chi connectivity index (χ3v) is 2.83. The Kier molecular flexibility index (Phi) is 3.71. The van der Waals surface area contributed by atoms with Crippen LogP contribution in [0.5, 0.6) is 0 Å². The second-order valence-corrected chi connectivity index (χ2v) is 3.92. The predicted molar refractivity (Wildman–Crippen MR) is 59.8 cm³/mol. The first-order valence-electron chi connectivity index (χ1n) is 4.81. The summed E-state index contributed by atoms with van der Waals surface area (Å²) in [5.41, 5.74) is 0.586. The Balaban J connectivity index is 0.00000112. The first-order chi connectivity index (χ1) is 6.62. The van der Waals surface area contributed by atoms with Gasteiger partial charge in [0.15, 0.2) is 0 Å². The number of aryl methyl sites for hydroxylation is 1. The monoisotopic (exact) mass is 231 g/mol. The molecule has 2 nitrogen and oxygen atoms in total. The van der Waals surface area contributed by atoms with Crippen molar-refractivity contribution >= 4 is 12.4 Å². The van der Waals surface area contributed by atoms with E-state index in [1.807, 2.05) is 0 Å². The molecule has 0 amide bonds. The molecule has 0 radical (unpaired) electrons. The topological polar surface area (TPSA) is 32.3 Å². The van der Waals surface area contributed by atoms with E-state index in [0.717, 1.165) is 12.1 Å². The quantitative estimate of drug-likeness (QED) is 0.772. The smallest absolute Gasteiger partial charge is 0.126 e. The van der Waals surface area contributed by atoms with Crippen molar-refractivity contribution in [2.45, 2.75) is 18.9 Å². The molecular weight excluding hydrogens is 217 g/mol. The molecule has 1 aromatic rings. The number of benzene rings is 1. The largest absolute Gasteiger partial charge is 0.384 e. The summed E-state index contributed by atoms with van der Waals surface area (Å²) in [7, 11) is 0. The lowest BCUT2D eigenvalue weighted by molar-refractivity contribution is 0.0586. The second-order valence-electron chi connectivity index (χ2n) is 3.92. The Morgan fingerprint density at radius 2 is 2.20 bits per heavy atom. The van der Waals surface area contributed by atoms with Crippen molar-refractivity contribution in [3.05, 3.63) is 35.1 Å². The number of nitrogens with one attached hydrogen (secondary N) is 1. The molecule has 4 heteroatoms. The predicted octanol–water partition coefficient (Wildman–Crippen LogP) is 1.74. The molecule has 0 aromatic heterocycles. The molecule has 1 fully saturated rings. The molecule has 1 aliphatic rings. The highest BCUT2D eigenvalue weighted by Crippen LogP contribution is 2.28. The van der Waals surface area contributed by atoms with Gasteiger partial charge < -0.3 is 10.4 Å². The van der Waals surface area contributed by atoms with Crippen LogP contribution in [-0.4, -0.2) is 18.2 Å². The van der Waals surface area contributed by atoms with E-state index in [1.54, 1.807) is 19.1 Å². The van der Waals surface area contributed by atoms with Gasteiger partial charge in [-0.2, -0.15) is 0 Å². The lowest BCUT2D eigenvalue weighted by atomic mass is 9.92. The minimum Gasteiger partial charge on any atom is -0.384 e. The van der Waals surface area contributed by atoms with Gasteiger partial charge in [0, 0.05) is 6.54 Å². The van der Waals surface area contributed by atoms with Gasteiger partial charge in [0.1, 0.15) is 11.4 Å². The first kappa shape index (κ1) is 12.4. The maximum absolute atomic E-state index is 13.0. The Bertz CT molecular complexity index is 350. The van der Waals surface area contributed by atoms with Crippen LogP contribution in [0.1, 0.15) is 17.5 Å². The van der Waals surface area contributed by atoms with E-state index in [4.69, 9.17) is 0 Å². The van der Waals surface area contributed by atoms with E-state index in [0.29, 0.717) is 18.5 Å². The molecule has 15 heavy (non-hydrogen) atoms. The molecule has 0 spiro atoms. The van der Waals surface area contributed by atoms with Crippen LogP contribution < -0.4 is 5.32 Å². The third kappa shape index (κ3) is 2.30. The highest BCUT2D eigenvalue weighted by molar-refractivity contribution is 5.85. The first-order valence-corrected chi connectivity index (χ1v) is 4.81. The molecular formula is C11H15ClFNO. The molecule has 1 saturated heterocycles. The van der Waals surface area contributed by atoms with Gasteiger partial charge in [-0.05, 0) is 37.1 Å². The van der Waals surface area contributed by atoms with E-state index in [9.17, 15) is 9.50 Å². The third-order valence-electron chi connectivity index (χ3n) is 2.83. The normalized spacial score (nSPS) is 25.0. The zero-order valence-electron chi connectivity index (χ0n) is 8.59. The molecule has 1 heterocycles. The Labute approximate surface area is 94.9 Å². The van der Waals surface area contributed by atoms with Crippen molar-refractivity contribution in [2.24, 2.45) is 0 Å². The van der Waals surface area contributed by atoms with Crippen LogP contribution in [0.15, 0.2) is 18.2 Å². The van der Waals surface area contributed by atoms with Crippen molar-refractivity contribution in [2.75, 3.05) is 13.1 Å². The zero-order chi connectivity index (χ0) is 10.2.